The summed E-state index contributed by atoms with van der Waals surface area (Å²) in [6.45, 7) is 6.83. The minimum atomic E-state index is 0.318. The van der Waals surface area contributed by atoms with Gasteiger partial charge in [0.2, 0.25) is 5.88 Å². The van der Waals surface area contributed by atoms with E-state index < -0.39 is 0 Å². The van der Waals surface area contributed by atoms with Crippen LogP contribution in [0.4, 0.5) is 5.82 Å². The van der Waals surface area contributed by atoms with Crippen molar-refractivity contribution in [3.8, 4) is 5.88 Å². The van der Waals surface area contributed by atoms with Gasteiger partial charge in [-0.25, -0.2) is 15.0 Å². The van der Waals surface area contributed by atoms with E-state index in [0.29, 0.717) is 18.3 Å². The third-order valence-corrected chi connectivity index (χ3v) is 2.87. The lowest BCUT2D eigenvalue weighted by Gasteiger charge is -2.10. The van der Waals surface area contributed by atoms with Crippen LogP contribution in [0.2, 0.25) is 0 Å². The van der Waals surface area contributed by atoms with Gasteiger partial charge in [0.25, 0.3) is 0 Å². The fourth-order valence-electron chi connectivity index (χ4n) is 1.77. The number of aryl methyl sites for hydroxylation is 1. The highest BCUT2D eigenvalue weighted by molar-refractivity contribution is 5.37. The van der Waals surface area contributed by atoms with Gasteiger partial charge in [-0.3, -0.25) is 0 Å². The van der Waals surface area contributed by atoms with Crippen LogP contribution in [0.3, 0.4) is 0 Å². The van der Waals surface area contributed by atoms with Crippen molar-refractivity contribution in [1.82, 2.24) is 15.0 Å². The molecule has 20 heavy (non-hydrogen) atoms. The van der Waals surface area contributed by atoms with Crippen LogP contribution in [0.15, 0.2) is 24.4 Å². The van der Waals surface area contributed by atoms with E-state index >= 15 is 0 Å². The maximum atomic E-state index is 5.04. The van der Waals surface area contributed by atoms with Crippen molar-refractivity contribution < 1.29 is 4.74 Å². The Labute approximate surface area is 119 Å². The van der Waals surface area contributed by atoms with Gasteiger partial charge in [-0.05, 0) is 12.5 Å². The van der Waals surface area contributed by atoms with E-state index in [-0.39, 0.29) is 0 Å². The molecule has 5 nitrogen and oxygen atoms in total. The zero-order chi connectivity index (χ0) is 14.5. The van der Waals surface area contributed by atoms with Gasteiger partial charge < -0.3 is 10.1 Å². The van der Waals surface area contributed by atoms with E-state index in [0.717, 1.165) is 22.9 Å². The summed E-state index contributed by atoms with van der Waals surface area (Å²) in [7, 11) is 1.61. The monoisotopic (exact) mass is 272 g/mol. The van der Waals surface area contributed by atoms with Crippen molar-refractivity contribution in [2.45, 2.75) is 33.2 Å². The minimum absolute atomic E-state index is 0.318. The maximum absolute atomic E-state index is 5.04. The predicted octanol–water partition coefficient (Wildman–Crippen LogP) is 2.92. The number of methoxy groups -OCH3 is 1. The van der Waals surface area contributed by atoms with Crippen LogP contribution < -0.4 is 10.1 Å². The van der Waals surface area contributed by atoms with Gasteiger partial charge in [0.1, 0.15) is 11.6 Å². The number of hydrogen-bond donors (Lipinski definition) is 1. The van der Waals surface area contributed by atoms with Gasteiger partial charge in [-0.1, -0.05) is 19.9 Å². The Balaban J connectivity index is 2.06. The molecular formula is C15H20N4O. The number of pyridine rings is 1. The Morgan fingerprint density at radius 3 is 2.65 bits per heavy atom. The first-order chi connectivity index (χ1) is 9.58. The van der Waals surface area contributed by atoms with E-state index in [1.54, 1.807) is 13.3 Å². The minimum Gasteiger partial charge on any atom is -0.481 e. The second-order valence-corrected chi connectivity index (χ2v) is 4.97. The SMILES string of the molecule is COc1ccc(CNc2cc(C)nc(C(C)C)n2)cn1. The molecule has 0 aliphatic heterocycles. The molecule has 0 saturated carbocycles. The molecule has 0 radical (unpaired) electrons. The molecule has 0 aromatic carbocycles. The van der Waals surface area contributed by atoms with Gasteiger partial charge in [0, 0.05) is 36.5 Å². The molecule has 5 heteroatoms. The summed E-state index contributed by atoms with van der Waals surface area (Å²) in [4.78, 5) is 13.1. The summed E-state index contributed by atoms with van der Waals surface area (Å²) >= 11 is 0. The van der Waals surface area contributed by atoms with Crippen LogP contribution in [-0.4, -0.2) is 22.1 Å². The summed E-state index contributed by atoms with van der Waals surface area (Å²) in [6.07, 6.45) is 1.79. The average Bonchev–Trinajstić information content (AvgIpc) is 2.45. The van der Waals surface area contributed by atoms with E-state index in [9.17, 15) is 0 Å². The molecule has 2 rings (SSSR count). The van der Waals surface area contributed by atoms with Crippen LogP contribution >= 0.6 is 0 Å². The number of ether oxygens (including phenoxy) is 1. The first kappa shape index (κ1) is 14.2. The molecule has 0 spiro atoms. The lowest BCUT2D eigenvalue weighted by Crippen LogP contribution is -2.06. The van der Waals surface area contributed by atoms with Crippen LogP contribution in [0.5, 0.6) is 5.88 Å². The summed E-state index contributed by atoms with van der Waals surface area (Å²) in [5.74, 6) is 2.64. The number of hydrogen-bond acceptors (Lipinski definition) is 5. The largest absolute Gasteiger partial charge is 0.481 e. The lowest BCUT2D eigenvalue weighted by atomic mass is 10.2. The fraction of sp³-hybridized carbons (Fsp3) is 0.400. The van der Waals surface area contributed by atoms with Gasteiger partial charge in [-0.2, -0.15) is 0 Å². The van der Waals surface area contributed by atoms with Crippen molar-refractivity contribution in [2.75, 3.05) is 12.4 Å². The normalized spacial score (nSPS) is 10.7. The van der Waals surface area contributed by atoms with E-state index in [4.69, 9.17) is 4.74 Å². The Morgan fingerprint density at radius 2 is 2.05 bits per heavy atom. The molecule has 0 atom stereocenters. The van der Waals surface area contributed by atoms with Crippen LogP contribution in [-0.2, 0) is 6.54 Å². The third kappa shape index (κ3) is 3.66. The summed E-state index contributed by atoms with van der Waals surface area (Å²) < 4.78 is 5.04. The standard InChI is InChI=1S/C15H20N4O/c1-10(2)15-18-11(3)7-13(19-15)16-8-12-5-6-14(20-4)17-9-12/h5-7,9-10H,8H2,1-4H3,(H,16,18,19). The summed E-state index contributed by atoms with van der Waals surface area (Å²) in [5, 5.41) is 3.30. The molecule has 2 heterocycles. The molecule has 1 N–H and O–H groups in total. The maximum Gasteiger partial charge on any atom is 0.212 e. The highest BCUT2D eigenvalue weighted by atomic mass is 16.5. The zero-order valence-corrected chi connectivity index (χ0v) is 12.3. The molecule has 0 fully saturated rings. The highest BCUT2D eigenvalue weighted by Crippen LogP contribution is 2.14. The van der Waals surface area contributed by atoms with E-state index in [2.05, 4.69) is 34.1 Å². The lowest BCUT2D eigenvalue weighted by molar-refractivity contribution is 0.397. The summed E-state index contributed by atoms with van der Waals surface area (Å²) in [6, 6.07) is 5.78. The topological polar surface area (TPSA) is 59.9 Å². The Kier molecular flexibility index (Phi) is 4.50. The molecule has 0 saturated heterocycles. The Morgan fingerprint density at radius 1 is 1.25 bits per heavy atom. The number of nitrogens with one attached hydrogen (secondary N) is 1. The summed E-state index contributed by atoms with van der Waals surface area (Å²) in [5.41, 5.74) is 2.05. The predicted molar refractivity (Wildman–Crippen MR) is 79.0 cm³/mol. The van der Waals surface area contributed by atoms with Crippen LogP contribution in [0.1, 0.15) is 36.8 Å². The van der Waals surface area contributed by atoms with Gasteiger partial charge in [0.05, 0.1) is 7.11 Å². The van der Waals surface area contributed by atoms with E-state index in [1.807, 2.05) is 25.1 Å². The highest BCUT2D eigenvalue weighted by Gasteiger charge is 2.06. The van der Waals surface area contributed by atoms with Crippen LogP contribution in [0.25, 0.3) is 0 Å². The van der Waals surface area contributed by atoms with Crippen molar-refractivity contribution in [3.05, 3.63) is 41.5 Å². The van der Waals surface area contributed by atoms with Crippen molar-refractivity contribution in [1.29, 1.82) is 0 Å². The van der Waals surface area contributed by atoms with Crippen molar-refractivity contribution in [3.63, 3.8) is 0 Å². The molecule has 2 aromatic heterocycles. The van der Waals surface area contributed by atoms with Gasteiger partial charge in [-0.15, -0.1) is 0 Å². The second kappa shape index (κ2) is 6.32. The zero-order valence-electron chi connectivity index (χ0n) is 12.3. The van der Waals surface area contributed by atoms with Gasteiger partial charge in [0.15, 0.2) is 0 Å². The number of anilines is 1. The Bertz CT molecular complexity index is 567. The van der Waals surface area contributed by atoms with Gasteiger partial charge >= 0.3 is 0 Å². The molecule has 0 unspecified atom stereocenters. The molecule has 0 amide bonds. The molecule has 2 aromatic rings. The fourth-order valence-corrected chi connectivity index (χ4v) is 1.77. The first-order valence-corrected chi connectivity index (χ1v) is 6.67. The average molecular weight is 272 g/mol. The smallest absolute Gasteiger partial charge is 0.212 e. The molecule has 0 aliphatic carbocycles. The molecule has 0 bridgehead atoms. The van der Waals surface area contributed by atoms with Crippen LogP contribution in [0, 0.1) is 6.92 Å². The molecule has 106 valence electrons. The Hall–Kier alpha value is -2.17. The van der Waals surface area contributed by atoms with Crippen molar-refractivity contribution >= 4 is 5.82 Å². The second-order valence-electron chi connectivity index (χ2n) is 4.97. The van der Waals surface area contributed by atoms with E-state index in [1.165, 1.54) is 0 Å². The number of aromatic nitrogens is 3. The quantitative estimate of drug-likeness (QED) is 0.906. The third-order valence-electron chi connectivity index (χ3n) is 2.87. The number of nitrogens with zero attached hydrogens (tertiary/aromatic N) is 3. The molecular weight excluding hydrogens is 252 g/mol. The molecule has 0 aliphatic rings. The number of rotatable bonds is 5. The first-order valence-electron chi connectivity index (χ1n) is 6.67. The van der Waals surface area contributed by atoms with Crippen molar-refractivity contribution in [2.24, 2.45) is 0 Å².